The van der Waals surface area contributed by atoms with Crippen molar-refractivity contribution < 1.29 is 18.3 Å². The van der Waals surface area contributed by atoms with E-state index in [4.69, 9.17) is 0 Å². The van der Waals surface area contributed by atoms with E-state index in [1.165, 1.54) is 0 Å². The first-order valence-electron chi connectivity index (χ1n) is 6.34. The van der Waals surface area contributed by atoms with Crippen molar-refractivity contribution in [2.75, 3.05) is 0 Å². The Hall–Kier alpha value is -1.88. The molecule has 0 amide bonds. The second-order valence-corrected chi connectivity index (χ2v) is 4.94. The molecule has 2 atom stereocenters. The molecule has 5 heteroatoms. The molecule has 0 saturated heterocycles. The lowest BCUT2D eigenvalue weighted by molar-refractivity contribution is 0.142. The Morgan fingerprint density at radius 1 is 1.20 bits per heavy atom. The van der Waals surface area contributed by atoms with E-state index in [0.717, 1.165) is 29.8 Å². The van der Waals surface area contributed by atoms with Crippen molar-refractivity contribution in [3.63, 3.8) is 0 Å². The average molecular weight is 279 g/mol. The number of aliphatic hydroxyl groups is 1. The molecule has 0 radical (unpaired) electrons. The molecule has 0 fully saturated rings. The predicted molar refractivity (Wildman–Crippen MR) is 66.6 cm³/mol. The SMILES string of the molecule is OC(c1cc(F)c(F)c(F)c1)C1CCc2cccnc21. The van der Waals surface area contributed by atoms with Gasteiger partial charge in [-0.2, -0.15) is 0 Å². The largest absolute Gasteiger partial charge is 0.388 e. The van der Waals surface area contributed by atoms with E-state index in [1.807, 2.05) is 12.1 Å². The molecule has 1 aliphatic carbocycles. The van der Waals surface area contributed by atoms with Gasteiger partial charge in [-0.3, -0.25) is 4.98 Å². The number of hydrogen-bond acceptors (Lipinski definition) is 2. The summed E-state index contributed by atoms with van der Waals surface area (Å²) in [5.41, 5.74) is 1.80. The number of halogens is 3. The number of aliphatic hydroxyl groups excluding tert-OH is 1. The number of benzene rings is 1. The van der Waals surface area contributed by atoms with Crippen LogP contribution >= 0.6 is 0 Å². The third kappa shape index (κ3) is 2.08. The molecular weight excluding hydrogens is 267 g/mol. The highest BCUT2D eigenvalue weighted by Crippen LogP contribution is 2.40. The van der Waals surface area contributed by atoms with Crippen molar-refractivity contribution in [2.45, 2.75) is 24.9 Å². The number of aryl methyl sites for hydroxylation is 1. The van der Waals surface area contributed by atoms with Crippen molar-refractivity contribution in [1.29, 1.82) is 0 Å². The summed E-state index contributed by atoms with van der Waals surface area (Å²) in [7, 11) is 0. The molecule has 1 aliphatic rings. The number of fused-ring (bicyclic) bond motifs is 1. The van der Waals surface area contributed by atoms with Gasteiger partial charge in [0.1, 0.15) is 0 Å². The van der Waals surface area contributed by atoms with Gasteiger partial charge < -0.3 is 5.11 Å². The van der Waals surface area contributed by atoms with Crippen molar-refractivity contribution in [3.05, 3.63) is 64.7 Å². The van der Waals surface area contributed by atoms with Crippen LogP contribution in [0.1, 0.15) is 35.3 Å². The molecule has 1 aromatic carbocycles. The summed E-state index contributed by atoms with van der Waals surface area (Å²) in [4.78, 5) is 4.23. The minimum absolute atomic E-state index is 0.0323. The van der Waals surface area contributed by atoms with Gasteiger partial charge in [0.05, 0.1) is 6.10 Å². The van der Waals surface area contributed by atoms with Gasteiger partial charge in [-0.25, -0.2) is 13.2 Å². The number of pyridine rings is 1. The number of aromatic nitrogens is 1. The maximum atomic E-state index is 13.2. The maximum Gasteiger partial charge on any atom is 0.194 e. The zero-order valence-corrected chi connectivity index (χ0v) is 10.5. The van der Waals surface area contributed by atoms with Crippen molar-refractivity contribution in [1.82, 2.24) is 4.98 Å². The molecule has 2 aromatic rings. The summed E-state index contributed by atoms with van der Waals surface area (Å²) in [6, 6.07) is 5.40. The Morgan fingerprint density at radius 2 is 1.90 bits per heavy atom. The number of rotatable bonds is 2. The molecule has 1 heterocycles. The lowest BCUT2D eigenvalue weighted by Gasteiger charge is -2.19. The topological polar surface area (TPSA) is 33.1 Å². The molecule has 0 aliphatic heterocycles. The Bertz CT molecular complexity index is 636. The van der Waals surface area contributed by atoms with Crippen LogP contribution in [0.25, 0.3) is 0 Å². The van der Waals surface area contributed by atoms with Crippen LogP contribution in [-0.2, 0) is 6.42 Å². The van der Waals surface area contributed by atoms with Crippen LogP contribution in [-0.4, -0.2) is 10.1 Å². The highest BCUT2D eigenvalue weighted by molar-refractivity contribution is 5.33. The first-order chi connectivity index (χ1) is 9.58. The van der Waals surface area contributed by atoms with Gasteiger partial charge in [-0.05, 0) is 42.2 Å². The number of nitrogens with zero attached hydrogens (tertiary/aromatic N) is 1. The molecular formula is C15H12F3NO. The van der Waals surface area contributed by atoms with E-state index in [9.17, 15) is 18.3 Å². The lowest BCUT2D eigenvalue weighted by atomic mass is 9.93. The summed E-state index contributed by atoms with van der Waals surface area (Å²) < 4.78 is 39.4. The summed E-state index contributed by atoms with van der Waals surface area (Å²) in [6.07, 6.45) is 1.93. The van der Waals surface area contributed by atoms with E-state index in [0.29, 0.717) is 6.42 Å². The van der Waals surface area contributed by atoms with Crippen molar-refractivity contribution >= 4 is 0 Å². The third-order valence-electron chi connectivity index (χ3n) is 3.73. The Morgan fingerprint density at radius 3 is 2.60 bits per heavy atom. The van der Waals surface area contributed by atoms with Gasteiger partial charge in [0.25, 0.3) is 0 Å². The Kier molecular flexibility index (Phi) is 3.22. The Labute approximate surface area is 113 Å². The van der Waals surface area contributed by atoms with Gasteiger partial charge >= 0.3 is 0 Å². The summed E-state index contributed by atoms with van der Waals surface area (Å²) in [6.45, 7) is 0. The standard InChI is InChI=1S/C15H12F3NO/c16-11-6-9(7-12(17)13(11)18)15(20)10-4-3-8-2-1-5-19-14(8)10/h1-2,5-7,10,15,20H,3-4H2. The predicted octanol–water partition coefficient (Wildman–Crippen LogP) is 3.26. The summed E-state index contributed by atoms with van der Waals surface area (Å²) in [5.74, 6) is -4.43. The zero-order valence-electron chi connectivity index (χ0n) is 10.5. The van der Waals surface area contributed by atoms with Gasteiger partial charge in [-0.1, -0.05) is 6.07 Å². The summed E-state index contributed by atoms with van der Waals surface area (Å²) in [5, 5.41) is 10.3. The normalized spacial score (nSPS) is 18.9. The summed E-state index contributed by atoms with van der Waals surface area (Å²) >= 11 is 0. The molecule has 1 N–H and O–H groups in total. The molecule has 0 saturated carbocycles. The van der Waals surface area contributed by atoms with Crippen LogP contribution in [0.2, 0.25) is 0 Å². The van der Waals surface area contributed by atoms with E-state index in [1.54, 1.807) is 6.20 Å². The fourth-order valence-corrected chi connectivity index (χ4v) is 2.73. The minimum atomic E-state index is -1.52. The van der Waals surface area contributed by atoms with E-state index < -0.39 is 23.6 Å². The molecule has 2 unspecified atom stereocenters. The lowest BCUT2D eigenvalue weighted by Crippen LogP contribution is -2.11. The zero-order chi connectivity index (χ0) is 14.3. The Balaban J connectivity index is 1.96. The molecule has 1 aromatic heterocycles. The molecule has 104 valence electrons. The second-order valence-electron chi connectivity index (χ2n) is 4.94. The highest BCUT2D eigenvalue weighted by Gasteiger charge is 2.31. The monoisotopic (exact) mass is 279 g/mol. The molecule has 20 heavy (non-hydrogen) atoms. The smallest absolute Gasteiger partial charge is 0.194 e. The van der Waals surface area contributed by atoms with Gasteiger partial charge in [0, 0.05) is 17.8 Å². The van der Waals surface area contributed by atoms with Crippen molar-refractivity contribution in [3.8, 4) is 0 Å². The van der Waals surface area contributed by atoms with Gasteiger partial charge in [0.2, 0.25) is 0 Å². The van der Waals surface area contributed by atoms with Crippen LogP contribution in [0.3, 0.4) is 0 Å². The average Bonchev–Trinajstić information content (AvgIpc) is 2.87. The number of hydrogen-bond donors (Lipinski definition) is 1. The van der Waals surface area contributed by atoms with Gasteiger partial charge in [-0.15, -0.1) is 0 Å². The highest BCUT2D eigenvalue weighted by atomic mass is 19.2. The molecule has 3 rings (SSSR count). The first-order valence-corrected chi connectivity index (χ1v) is 6.34. The fraction of sp³-hybridized carbons (Fsp3) is 0.267. The van der Waals surface area contributed by atoms with Crippen LogP contribution in [0.4, 0.5) is 13.2 Å². The van der Waals surface area contributed by atoms with E-state index >= 15 is 0 Å². The quantitative estimate of drug-likeness (QED) is 0.856. The van der Waals surface area contributed by atoms with Crippen LogP contribution in [0, 0.1) is 17.5 Å². The fourth-order valence-electron chi connectivity index (χ4n) is 2.73. The van der Waals surface area contributed by atoms with Crippen LogP contribution in [0.15, 0.2) is 30.5 Å². The first kappa shape index (κ1) is 13.1. The second kappa shape index (κ2) is 4.90. The van der Waals surface area contributed by atoms with Gasteiger partial charge in [0.15, 0.2) is 17.5 Å². The molecule has 0 bridgehead atoms. The maximum absolute atomic E-state index is 13.2. The molecule has 0 spiro atoms. The minimum Gasteiger partial charge on any atom is -0.388 e. The van der Waals surface area contributed by atoms with E-state index in [2.05, 4.69) is 4.98 Å². The van der Waals surface area contributed by atoms with Crippen LogP contribution in [0.5, 0.6) is 0 Å². The van der Waals surface area contributed by atoms with Crippen molar-refractivity contribution in [2.24, 2.45) is 0 Å². The van der Waals surface area contributed by atoms with E-state index in [-0.39, 0.29) is 11.5 Å². The third-order valence-corrected chi connectivity index (χ3v) is 3.73. The molecule has 2 nitrogen and oxygen atoms in total. The van der Waals surface area contributed by atoms with Crippen LogP contribution < -0.4 is 0 Å².